The molecule has 3 heterocycles. The lowest BCUT2D eigenvalue weighted by molar-refractivity contribution is 0.247. The van der Waals surface area contributed by atoms with Crippen molar-refractivity contribution in [2.75, 3.05) is 26.2 Å². The highest BCUT2D eigenvalue weighted by atomic mass is 15.2. The fourth-order valence-corrected chi connectivity index (χ4v) is 2.83. The summed E-state index contributed by atoms with van der Waals surface area (Å²) in [6, 6.07) is 8.44. The first-order chi connectivity index (χ1) is 10.4. The molecular formula is C17H22N4. The maximum absolute atomic E-state index is 4.08. The van der Waals surface area contributed by atoms with Gasteiger partial charge in [-0.3, -0.25) is 19.8 Å². The van der Waals surface area contributed by atoms with E-state index in [4.69, 9.17) is 0 Å². The minimum atomic E-state index is 1.03. The molecule has 1 aliphatic rings. The van der Waals surface area contributed by atoms with Crippen LogP contribution in [-0.2, 0) is 13.1 Å². The molecule has 1 aliphatic heterocycles. The summed E-state index contributed by atoms with van der Waals surface area (Å²) in [7, 11) is 0. The standard InChI is InChI=1S/C17H22N4/c1-10-20(14-16-2-6-18-7-3-16)12-13-21(11-1)15-17-4-8-19-9-5-17/h2-9H,1,10-15H2. The van der Waals surface area contributed by atoms with Gasteiger partial charge in [-0.15, -0.1) is 0 Å². The van der Waals surface area contributed by atoms with Crippen molar-refractivity contribution in [1.82, 2.24) is 19.8 Å². The third kappa shape index (κ3) is 4.34. The van der Waals surface area contributed by atoms with Crippen molar-refractivity contribution in [3.63, 3.8) is 0 Å². The van der Waals surface area contributed by atoms with Gasteiger partial charge in [0.2, 0.25) is 0 Å². The summed E-state index contributed by atoms with van der Waals surface area (Å²) < 4.78 is 0. The third-order valence-corrected chi connectivity index (χ3v) is 3.99. The van der Waals surface area contributed by atoms with Crippen LogP contribution in [0.3, 0.4) is 0 Å². The third-order valence-electron chi connectivity index (χ3n) is 3.99. The Morgan fingerprint density at radius 2 is 1.10 bits per heavy atom. The van der Waals surface area contributed by atoms with Crippen LogP contribution in [0.25, 0.3) is 0 Å². The van der Waals surface area contributed by atoms with Crippen molar-refractivity contribution in [2.45, 2.75) is 19.5 Å². The molecule has 0 amide bonds. The Morgan fingerprint density at radius 3 is 1.52 bits per heavy atom. The maximum atomic E-state index is 4.08. The summed E-state index contributed by atoms with van der Waals surface area (Å²) in [5, 5.41) is 0. The van der Waals surface area contributed by atoms with Crippen molar-refractivity contribution in [1.29, 1.82) is 0 Å². The minimum Gasteiger partial charge on any atom is -0.298 e. The Labute approximate surface area is 126 Å². The Morgan fingerprint density at radius 1 is 0.667 bits per heavy atom. The van der Waals surface area contributed by atoms with Gasteiger partial charge >= 0.3 is 0 Å². The number of nitrogens with zero attached hydrogens (tertiary/aromatic N) is 4. The summed E-state index contributed by atoms with van der Waals surface area (Å²) in [6.45, 7) is 6.68. The van der Waals surface area contributed by atoms with Gasteiger partial charge in [-0.2, -0.15) is 0 Å². The molecule has 0 bridgehead atoms. The van der Waals surface area contributed by atoms with Gasteiger partial charge in [-0.25, -0.2) is 0 Å². The minimum absolute atomic E-state index is 1.03. The number of hydrogen-bond acceptors (Lipinski definition) is 4. The largest absolute Gasteiger partial charge is 0.298 e. The van der Waals surface area contributed by atoms with E-state index in [2.05, 4.69) is 44.0 Å². The zero-order valence-electron chi connectivity index (χ0n) is 12.4. The highest BCUT2D eigenvalue weighted by Gasteiger charge is 2.15. The number of hydrogen-bond donors (Lipinski definition) is 0. The van der Waals surface area contributed by atoms with E-state index in [0.717, 1.165) is 26.2 Å². The smallest absolute Gasteiger partial charge is 0.0271 e. The molecule has 0 aliphatic carbocycles. The molecule has 0 radical (unpaired) electrons. The summed E-state index contributed by atoms with van der Waals surface area (Å²) >= 11 is 0. The van der Waals surface area contributed by atoms with Gasteiger partial charge < -0.3 is 0 Å². The number of rotatable bonds is 4. The van der Waals surface area contributed by atoms with E-state index in [1.165, 1.54) is 30.6 Å². The fourth-order valence-electron chi connectivity index (χ4n) is 2.83. The van der Waals surface area contributed by atoms with E-state index < -0.39 is 0 Å². The lowest BCUT2D eigenvalue weighted by Gasteiger charge is -2.21. The number of pyridine rings is 2. The first-order valence-corrected chi connectivity index (χ1v) is 7.63. The lowest BCUT2D eigenvalue weighted by atomic mass is 10.2. The molecule has 21 heavy (non-hydrogen) atoms. The van der Waals surface area contributed by atoms with E-state index in [0.29, 0.717) is 0 Å². The second-order valence-electron chi connectivity index (χ2n) is 5.62. The van der Waals surface area contributed by atoms with Gasteiger partial charge in [0, 0.05) is 51.0 Å². The molecule has 0 saturated carbocycles. The molecule has 0 N–H and O–H groups in total. The van der Waals surface area contributed by atoms with Gasteiger partial charge in [0.25, 0.3) is 0 Å². The van der Waals surface area contributed by atoms with Crippen molar-refractivity contribution in [2.24, 2.45) is 0 Å². The van der Waals surface area contributed by atoms with Crippen LogP contribution in [0.5, 0.6) is 0 Å². The molecule has 1 saturated heterocycles. The predicted octanol–water partition coefficient (Wildman–Crippen LogP) is 2.18. The highest BCUT2D eigenvalue weighted by Crippen LogP contribution is 2.11. The van der Waals surface area contributed by atoms with E-state index in [9.17, 15) is 0 Å². The van der Waals surface area contributed by atoms with Gasteiger partial charge in [-0.1, -0.05) is 0 Å². The van der Waals surface area contributed by atoms with Crippen LogP contribution in [0.1, 0.15) is 17.5 Å². The Bertz CT molecular complexity index is 480. The Balaban J connectivity index is 1.52. The van der Waals surface area contributed by atoms with Gasteiger partial charge in [0.1, 0.15) is 0 Å². The summed E-state index contributed by atoms with van der Waals surface area (Å²) in [6.07, 6.45) is 8.74. The Kier molecular flexibility index (Phi) is 4.92. The summed E-state index contributed by atoms with van der Waals surface area (Å²) in [4.78, 5) is 13.3. The fraction of sp³-hybridized carbons (Fsp3) is 0.412. The van der Waals surface area contributed by atoms with E-state index >= 15 is 0 Å². The molecule has 0 spiro atoms. The molecule has 1 fully saturated rings. The summed E-state index contributed by atoms with van der Waals surface area (Å²) in [5.41, 5.74) is 2.71. The Hall–Kier alpha value is -1.78. The van der Waals surface area contributed by atoms with Crippen LogP contribution in [-0.4, -0.2) is 45.9 Å². The first-order valence-electron chi connectivity index (χ1n) is 7.63. The average Bonchev–Trinajstić information content (AvgIpc) is 2.75. The molecule has 3 rings (SSSR count). The molecule has 0 atom stereocenters. The van der Waals surface area contributed by atoms with Gasteiger partial charge in [0.05, 0.1) is 0 Å². The zero-order chi connectivity index (χ0) is 14.3. The highest BCUT2D eigenvalue weighted by molar-refractivity contribution is 5.10. The molecule has 0 aromatic carbocycles. The van der Waals surface area contributed by atoms with Crippen molar-refractivity contribution in [3.05, 3.63) is 60.2 Å². The normalized spacial score (nSPS) is 17.5. The van der Waals surface area contributed by atoms with Crippen LogP contribution in [0.2, 0.25) is 0 Å². The van der Waals surface area contributed by atoms with Crippen molar-refractivity contribution in [3.8, 4) is 0 Å². The zero-order valence-corrected chi connectivity index (χ0v) is 12.4. The maximum Gasteiger partial charge on any atom is 0.0271 e. The lowest BCUT2D eigenvalue weighted by Crippen LogP contribution is -2.30. The number of aromatic nitrogens is 2. The molecule has 4 nitrogen and oxygen atoms in total. The van der Waals surface area contributed by atoms with Gasteiger partial charge in [-0.05, 0) is 54.9 Å². The average molecular weight is 282 g/mol. The van der Waals surface area contributed by atoms with Crippen molar-refractivity contribution >= 4 is 0 Å². The second kappa shape index (κ2) is 7.29. The molecule has 4 heteroatoms. The van der Waals surface area contributed by atoms with Crippen LogP contribution < -0.4 is 0 Å². The van der Waals surface area contributed by atoms with Crippen LogP contribution in [0.15, 0.2) is 49.1 Å². The van der Waals surface area contributed by atoms with E-state index in [1.807, 2.05) is 24.8 Å². The van der Waals surface area contributed by atoms with Gasteiger partial charge in [0.15, 0.2) is 0 Å². The molecule has 2 aromatic heterocycles. The van der Waals surface area contributed by atoms with Crippen molar-refractivity contribution < 1.29 is 0 Å². The molecule has 0 unspecified atom stereocenters. The van der Waals surface area contributed by atoms with E-state index in [1.54, 1.807) is 0 Å². The molecule has 2 aromatic rings. The van der Waals surface area contributed by atoms with E-state index in [-0.39, 0.29) is 0 Å². The molecular weight excluding hydrogens is 260 g/mol. The predicted molar refractivity (Wildman–Crippen MR) is 83.6 cm³/mol. The SMILES string of the molecule is c1cc(CN2CCCN(Cc3ccncc3)CC2)ccn1. The second-order valence-corrected chi connectivity index (χ2v) is 5.62. The van der Waals surface area contributed by atoms with Crippen LogP contribution in [0, 0.1) is 0 Å². The quantitative estimate of drug-likeness (QED) is 0.860. The van der Waals surface area contributed by atoms with Crippen LogP contribution in [0.4, 0.5) is 0 Å². The molecule has 110 valence electrons. The first kappa shape index (κ1) is 14.2. The topological polar surface area (TPSA) is 32.3 Å². The van der Waals surface area contributed by atoms with Crippen LogP contribution >= 0.6 is 0 Å². The monoisotopic (exact) mass is 282 g/mol. The summed E-state index contributed by atoms with van der Waals surface area (Å²) in [5.74, 6) is 0.